The van der Waals surface area contributed by atoms with Gasteiger partial charge in [0.1, 0.15) is 18.3 Å². The largest absolute Gasteiger partial charge is 0.433 e. The van der Waals surface area contributed by atoms with Crippen molar-refractivity contribution in [3.63, 3.8) is 0 Å². The maximum atomic E-state index is 13.0. The molecule has 148 valence electrons. The maximum absolute atomic E-state index is 13.0. The van der Waals surface area contributed by atoms with Crippen molar-refractivity contribution in [3.05, 3.63) is 85.3 Å². The number of aromatic nitrogens is 6. The van der Waals surface area contributed by atoms with Crippen molar-refractivity contribution in [2.45, 2.75) is 6.18 Å². The summed E-state index contributed by atoms with van der Waals surface area (Å²) in [6, 6.07) is 16.4. The molecule has 0 saturated carbocycles. The Balaban J connectivity index is 1.76. The topological polar surface area (TPSA) is 60.9 Å². The fourth-order valence-corrected chi connectivity index (χ4v) is 3.40. The average molecular weight is 406 g/mol. The van der Waals surface area contributed by atoms with Crippen LogP contribution in [-0.2, 0) is 6.18 Å². The number of fused-ring (bicyclic) bond motifs is 1. The first-order chi connectivity index (χ1) is 14.5. The van der Waals surface area contributed by atoms with Gasteiger partial charge < -0.3 is 0 Å². The lowest BCUT2D eigenvalue weighted by Gasteiger charge is -2.15. The molecule has 0 spiro atoms. The smallest absolute Gasteiger partial charge is 0.284 e. The highest BCUT2D eigenvalue weighted by atomic mass is 19.4. The second kappa shape index (κ2) is 6.80. The van der Waals surface area contributed by atoms with Crippen molar-refractivity contribution in [1.29, 1.82) is 0 Å². The first-order valence-corrected chi connectivity index (χ1v) is 8.97. The van der Waals surface area contributed by atoms with Crippen LogP contribution in [0.1, 0.15) is 5.69 Å². The number of alkyl halides is 3. The Hall–Kier alpha value is -4.01. The lowest BCUT2D eigenvalue weighted by Crippen LogP contribution is -2.09. The molecule has 0 aliphatic carbocycles. The molecule has 0 saturated heterocycles. The van der Waals surface area contributed by atoms with Gasteiger partial charge in [0.25, 0.3) is 0 Å². The molecule has 3 aromatic heterocycles. The van der Waals surface area contributed by atoms with Gasteiger partial charge in [-0.2, -0.15) is 18.3 Å². The molecule has 2 aromatic carbocycles. The summed E-state index contributed by atoms with van der Waals surface area (Å²) in [6.07, 6.45) is 1.31. The molecule has 0 radical (unpaired) electrons. The maximum Gasteiger partial charge on any atom is 0.433 e. The summed E-state index contributed by atoms with van der Waals surface area (Å²) in [4.78, 5) is 11.8. The molecule has 5 aromatic rings. The number of rotatable bonds is 3. The fourth-order valence-electron chi connectivity index (χ4n) is 3.40. The number of hydrogen-bond donors (Lipinski definition) is 0. The van der Waals surface area contributed by atoms with Crippen LogP contribution in [0.3, 0.4) is 0 Å². The number of nitrogens with zero attached hydrogens (tertiary/aromatic N) is 6. The summed E-state index contributed by atoms with van der Waals surface area (Å²) in [5, 5.41) is 4.28. The molecule has 0 amide bonds. The van der Waals surface area contributed by atoms with E-state index in [1.807, 2.05) is 48.5 Å². The van der Waals surface area contributed by atoms with Crippen molar-refractivity contribution in [2.24, 2.45) is 0 Å². The predicted molar refractivity (Wildman–Crippen MR) is 104 cm³/mol. The average Bonchev–Trinajstić information content (AvgIpc) is 3.43. The zero-order chi connectivity index (χ0) is 20.7. The summed E-state index contributed by atoms with van der Waals surface area (Å²) in [5.74, 6) is -0.0329. The highest BCUT2D eigenvalue weighted by molar-refractivity contribution is 5.84. The third-order valence-electron chi connectivity index (χ3n) is 4.71. The van der Waals surface area contributed by atoms with Gasteiger partial charge in [0.05, 0.1) is 17.6 Å². The number of halogens is 3. The monoisotopic (exact) mass is 406 g/mol. The Labute approximate surface area is 168 Å². The van der Waals surface area contributed by atoms with Crippen LogP contribution >= 0.6 is 0 Å². The SMILES string of the molecule is FC(F)(F)c1ccn2c(-c3cccc(-c4ccccc4)c3-n3cncn3)cnc2n1. The molecule has 5 rings (SSSR count). The zero-order valence-electron chi connectivity index (χ0n) is 15.3. The third-order valence-corrected chi connectivity index (χ3v) is 4.71. The first kappa shape index (κ1) is 18.0. The van der Waals surface area contributed by atoms with Crippen LogP contribution < -0.4 is 0 Å². The summed E-state index contributed by atoms with van der Waals surface area (Å²) in [7, 11) is 0. The lowest BCUT2D eigenvalue weighted by atomic mass is 9.98. The van der Waals surface area contributed by atoms with E-state index in [9.17, 15) is 13.2 Å². The minimum absolute atomic E-state index is 0.0329. The minimum atomic E-state index is -4.53. The van der Waals surface area contributed by atoms with E-state index in [4.69, 9.17) is 0 Å². The number of imidazole rings is 1. The van der Waals surface area contributed by atoms with Crippen molar-refractivity contribution in [2.75, 3.05) is 0 Å². The van der Waals surface area contributed by atoms with Crippen molar-refractivity contribution >= 4 is 5.78 Å². The Bertz CT molecular complexity index is 1320. The molecule has 30 heavy (non-hydrogen) atoms. The van der Waals surface area contributed by atoms with Gasteiger partial charge in [-0.1, -0.05) is 48.5 Å². The molecule has 9 heteroatoms. The molecule has 0 aliphatic heterocycles. The molecule has 6 nitrogen and oxygen atoms in total. The third kappa shape index (κ3) is 3.00. The van der Waals surface area contributed by atoms with Gasteiger partial charge in [0.15, 0.2) is 0 Å². The van der Waals surface area contributed by atoms with E-state index in [2.05, 4.69) is 20.1 Å². The second-order valence-corrected chi connectivity index (χ2v) is 6.53. The quantitative estimate of drug-likeness (QED) is 0.437. The van der Waals surface area contributed by atoms with E-state index in [0.717, 1.165) is 28.4 Å². The Morgan fingerprint density at radius 3 is 2.40 bits per heavy atom. The zero-order valence-corrected chi connectivity index (χ0v) is 15.3. The molecular formula is C21H13F3N6. The van der Waals surface area contributed by atoms with Gasteiger partial charge in [-0.3, -0.25) is 4.40 Å². The number of benzene rings is 2. The van der Waals surface area contributed by atoms with E-state index in [0.29, 0.717) is 5.69 Å². The molecule has 3 heterocycles. The molecule has 0 N–H and O–H groups in total. The first-order valence-electron chi connectivity index (χ1n) is 8.97. The van der Waals surface area contributed by atoms with Crippen LogP contribution in [0.15, 0.2) is 79.6 Å². The minimum Gasteiger partial charge on any atom is -0.284 e. The van der Waals surface area contributed by atoms with Crippen molar-refractivity contribution in [1.82, 2.24) is 29.1 Å². The number of hydrogen-bond acceptors (Lipinski definition) is 4. The summed E-state index contributed by atoms with van der Waals surface area (Å²) in [6.45, 7) is 0. The van der Waals surface area contributed by atoms with Crippen LogP contribution in [0.25, 0.3) is 33.8 Å². The molecule has 0 fully saturated rings. The highest BCUT2D eigenvalue weighted by Crippen LogP contribution is 2.35. The molecule has 0 atom stereocenters. The normalized spacial score (nSPS) is 11.8. The lowest BCUT2D eigenvalue weighted by molar-refractivity contribution is -0.141. The summed E-state index contributed by atoms with van der Waals surface area (Å²) in [5.41, 5.74) is 2.94. The van der Waals surface area contributed by atoms with Gasteiger partial charge in [-0.15, -0.1) is 0 Å². The van der Waals surface area contributed by atoms with Gasteiger partial charge in [-0.05, 0) is 11.6 Å². The second-order valence-electron chi connectivity index (χ2n) is 6.53. The van der Waals surface area contributed by atoms with Crippen LogP contribution in [0.5, 0.6) is 0 Å². The van der Waals surface area contributed by atoms with Crippen LogP contribution in [0.4, 0.5) is 13.2 Å². The fraction of sp³-hybridized carbons (Fsp3) is 0.0476. The Kier molecular flexibility index (Phi) is 4.09. The van der Waals surface area contributed by atoms with E-state index < -0.39 is 11.9 Å². The predicted octanol–water partition coefficient (Wildman–Crippen LogP) is 4.66. The van der Waals surface area contributed by atoms with E-state index in [1.165, 1.54) is 23.1 Å². The van der Waals surface area contributed by atoms with E-state index in [-0.39, 0.29) is 5.78 Å². The molecule has 0 bridgehead atoms. The highest BCUT2D eigenvalue weighted by Gasteiger charge is 2.33. The van der Waals surface area contributed by atoms with E-state index in [1.54, 1.807) is 11.0 Å². The summed E-state index contributed by atoms with van der Waals surface area (Å²) >= 11 is 0. The number of para-hydroxylation sites is 1. The summed E-state index contributed by atoms with van der Waals surface area (Å²) < 4.78 is 42.2. The molecule has 0 aliphatic rings. The van der Waals surface area contributed by atoms with E-state index >= 15 is 0 Å². The van der Waals surface area contributed by atoms with Gasteiger partial charge in [0, 0.05) is 17.3 Å². The standard InChI is InChI=1S/C21H13F3N6/c22-21(23,24)18-9-10-29-17(11-26-20(29)28-18)16-8-4-7-15(14-5-2-1-3-6-14)19(16)30-13-25-12-27-30/h1-13H. The molecular weight excluding hydrogens is 393 g/mol. The Morgan fingerprint density at radius 1 is 0.867 bits per heavy atom. The van der Waals surface area contributed by atoms with Crippen LogP contribution in [0, 0.1) is 0 Å². The molecule has 0 unspecified atom stereocenters. The van der Waals surface area contributed by atoms with Crippen molar-refractivity contribution in [3.8, 4) is 28.1 Å². The Morgan fingerprint density at radius 2 is 1.67 bits per heavy atom. The van der Waals surface area contributed by atoms with Crippen molar-refractivity contribution < 1.29 is 13.2 Å². The van der Waals surface area contributed by atoms with Crippen LogP contribution in [0.2, 0.25) is 0 Å². The van der Waals surface area contributed by atoms with Gasteiger partial charge in [0.2, 0.25) is 5.78 Å². The van der Waals surface area contributed by atoms with Crippen LogP contribution in [-0.4, -0.2) is 29.1 Å². The van der Waals surface area contributed by atoms with Gasteiger partial charge in [-0.25, -0.2) is 19.6 Å². The van der Waals surface area contributed by atoms with Gasteiger partial charge >= 0.3 is 6.18 Å².